The molecule has 3 aromatic rings. The molecule has 1 aliphatic carbocycles. The molecular formula is C20H21N3O3S. The van der Waals surface area contributed by atoms with Crippen molar-refractivity contribution < 1.29 is 4.92 Å². The Labute approximate surface area is 160 Å². The van der Waals surface area contributed by atoms with E-state index in [1.807, 2.05) is 0 Å². The molecule has 1 unspecified atom stereocenters. The second kappa shape index (κ2) is 6.27. The minimum Gasteiger partial charge on any atom is -0.306 e. The number of nitrogens with zero attached hydrogens (tertiary/aromatic N) is 2. The van der Waals surface area contributed by atoms with Gasteiger partial charge in [0.25, 0.3) is 11.2 Å². The Hall–Kier alpha value is -2.54. The van der Waals surface area contributed by atoms with Gasteiger partial charge in [-0.05, 0) is 48.3 Å². The third-order valence-corrected chi connectivity index (χ3v) is 6.64. The molecular weight excluding hydrogens is 362 g/mol. The van der Waals surface area contributed by atoms with E-state index >= 15 is 0 Å². The van der Waals surface area contributed by atoms with Crippen molar-refractivity contribution in [3.63, 3.8) is 0 Å². The standard InChI is InChI=1S/C20H21N3O3S/c1-20(2,3)12-6-9-14-15(10-12)27-19-16(14)18(24)21-17(22-19)11-4-7-13(8-5-11)23(25)26/h4-5,7-8,12H,6,9-10H2,1-3H3,(H,21,22,24). The van der Waals surface area contributed by atoms with Gasteiger partial charge in [0.15, 0.2) is 0 Å². The van der Waals surface area contributed by atoms with Gasteiger partial charge in [0.1, 0.15) is 10.7 Å². The average molecular weight is 383 g/mol. The normalized spacial score (nSPS) is 17.1. The second-order valence-electron chi connectivity index (χ2n) is 8.21. The third-order valence-electron chi connectivity index (χ3n) is 5.50. The van der Waals surface area contributed by atoms with Gasteiger partial charge >= 0.3 is 0 Å². The molecule has 0 spiro atoms. The molecule has 6 nitrogen and oxygen atoms in total. The van der Waals surface area contributed by atoms with Crippen LogP contribution in [0.5, 0.6) is 0 Å². The van der Waals surface area contributed by atoms with Gasteiger partial charge in [-0.2, -0.15) is 0 Å². The second-order valence-corrected chi connectivity index (χ2v) is 9.29. The molecule has 7 heteroatoms. The molecule has 2 aromatic heterocycles. The number of thiophene rings is 1. The Morgan fingerprint density at radius 3 is 2.59 bits per heavy atom. The number of nitro groups is 1. The first-order valence-electron chi connectivity index (χ1n) is 9.03. The molecule has 2 heterocycles. The minimum atomic E-state index is -0.442. The zero-order valence-corrected chi connectivity index (χ0v) is 16.4. The van der Waals surface area contributed by atoms with Gasteiger partial charge in [-0.25, -0.2) is 4.98 Å². The topological polar surface area (TPSA) is 88.9 Å². The summed E-state index contributed by atoms with van der Waals surface area (Å²) < 4.78 is 0. The van der Waals surface area contributed by atoms with E-state index in [4.69, 9.17) is 0 Å². The van der Waals surface area contributed by atoms with Crippen LogP contribution >= 0.6 is 11.3 Å². The number of nitro benzene ring substituents is 1. The lowest BCUT2D eigenvalue weighted by molar-refractivity contribution is -0.384. The number of hydrogen-bond donors (Lipinski definition) is 1. The lowest BCUT2D eigenvalue weighted by Crippen LogP contribution is -2.26. The Morgan fingerprint density at radius 1 is 1.26 bits per heavy atom. The van der Waals surface area contributed by atoms with Crippen LogP contribution in [0.3, 0.4) is 0 Å². The van der Waals surface area contributed by atoms with E-state index in [9.17, 15) is 14.9 Å². The van der Waals surface area contributed by atoms with Gasteiger partial charge in [0.05, 0.1) is 10.3 Å². The van der Waals surface area contributed by atoms with Crippen LogP contribution in [-0.4, -0.2) is 14.9 Å². The molecule has 1 N–H and O–H groups in total. The first-order valence-corrected chi connectivity index (χ1v) is 9.85. The van der Waals surface area contributed by atoms with E-state index in [1.165, 1.54) is 17.0 Å². The number of hydrogen-bond acceptors (Lipinski definition) is 5. The van der Waals surface area contributed by atoms with Crippen molar-refractivity contribution in [3.05, 3.63) is 55.2 Å². The highest BCUT2D eigenvalue weighted by atomic mass is 32.1. The minimum absolute atomic E-state index is 0.0157. The number of aryl methyl sites for hydroxylation is 1. The summed E-state index contributed by atoms with van der Waals surface area (Å²) >= 11 is 1.61. The van der Waals surface area contributed by atoms with Crippen molar-refractivity contribution in [1.82, 2.24) is 9.97 Å². The molecule has 27 heavy (non-hydrogen) atoms. The fraction of sp³-hybridized carbons (Fsp3) is 0.400. The zero-order valence-electron chi connectivity index (χ0n) is 15.5. The van der Waals surface area contributed by atoms with Gasteiger partial charge < -0.3 is 4.98 Å². The van der Waals surface area contributed by atoms with E-state index in [0.717, 1.165) is 29.7 Å². The monoisotopic (exact) mass is 383 g/mol. The molecule has 1 atom stereocenters. The maximum atomic E-state index is 12.8. The van der Waals surface area contributed by atoms with Gasteiger partial charge in [-0.1, -0.05) is 20.8 Å². The van der Waals surface area contributed by atoms with Gasteiger partial charge in [-0.3, -0.25) is 14.9 Å². The summed E-state index contributed by atoms with van der Waals surface area (Å²) in [5.74, 6) is 1.06. The van der Waals surface area contributed by atoms with Crippen LogP contribution < -0.4 is 5.56 Å². The Bertz CT molecular complexity index is 1090. The molecule has 1 aliphatic rings. The Morgan fingerprint density at radius 2 is 1.96 bits per heavy atom. The Kier molecular flexibility index (Phi) is 4.14. The van der Waals surface area contributed by atoms with Gasteiger partial charge in [0, 0.05) is 22.6 Å². The fourth-order valence-electron chi connectivity index (χ4n) is 3.80. The number of nitrogens with one attached hydrogen (secondary N) is 1. The summed E-state index contributed by atoms with van der Waals surface area (Å²) in [5, 5.41) is 11.5. The number of benzene rings is 1. The summed E-state index contributed by atoms with van der Waals surface area (Å²) in [4.78, 5) is 32.7. The van der Waals surface area contributed by atoms with Crippen molar-refractivity contribution >= 4 is 27.2 Å². The SMILES string of the molecule is CC(C)(C)C1CCc2c(sc3nc(-c4ccc([N+](=O)[O-])cc4)[nH]c(=O)c23)C1. The number of fused-ring (bicyclic) bond motifs is 3. The molecule has 0 saturated carbocycles. The van der Waals surface area contributed by atoms with Crippen molar-refractivity contribution in [2.75, 3.05) is 0 Å². The summed E-state index contributed by atoms with van der Waals surface area (Å²) in [6.45, 7) is 6.81. The van der Waals surface area contributed by atoms with E-state index in [-0.39, 0.29) is 16.7 Å². The number of non-ortho nitro benzene ring substituents is 1. The number of H-pyrrole nitrogens is 1. The highest BCUT2D eigenvalue weighted by Crippen LogP contribution is 2.42. The van der Waals surface area contributed by atoms with E-state index < -0.39 is 4.92 Å². The zero-order chi connectivity index (χ0) is 19.3. The average Bonchev–Trinajstić information content (AvgIpc) is 2.99. The molecule has 0 bridgehead atoms. The largest absolute Gasteiger partial charge is 0.306 e. The van der Waals surface area contributed by atoms with Crippen LogP contribution in [0.1, 0.15) is 37.6 Å². The molecule has 1 aromatic carbocycles. The van der Waals surface area contributed by atoms with Gasteiger partial charge in [0.2, 0.25) is 0 Å². The molecule has 0 fully saturated rings. The fourth-order valence-corrected chi connectivity index (χ4v) is 5.10. The third kappa shape index (κ3) is 3.16. The summed E-state index contributed by atoms with van der Waals surface area (Å²) in [5.41, 5.74) is 1.96. The molecule has 4 rings (SSSR count). The highest BCUT2D eigenvalue weighted by Gasteiger charge is 2.31. The molecule has 0 aliphatic heterocycles. The maximum Gasteiger partial charge on any atom is 0.269 e. The highest BCUT2D eigenvalue weighted by molar-refractivity contribution is 7.18. The van der Waals surface area contributed by atoms with Gasteiger partial charge in [-0.15, -0.1) is 11.3 Å². The predicted molar refractivity (Wildman–Crippen MR) is 107 cm³/mol. The molecule has 0 saturated heterocycles. The van der Waals surface area contributed by atoms with Crippen LogP contribution in [0.2, 0.25) is 0 Å². The Balaban J connectivity index is 1.77. The smallest absolute Gasteiger partial charge is 0.269 e. The molecule has 140 valence electrons. The predicted octanol–water partition coefficient (Wildman–Crippen LogP) is 4.71. The summed E-state index contributed by atoms with van der Waals surface area (Å²) in [7, 11) is 0. The van der Waals surface area contributed by atoms with Crippen molar-refractivity contribution in [2.24, 2.45) is 11.3 Å². The summed E-state index contributed by atoms with van der Waals surface area (Å²) in [6, 6.07) is 6.08. The first kappa shape index (κ1) is 17.9. The number of aromatic amines is 1. The lowest BCUT2D eigenvalue weighted by atomic mass is 9.72. The van der Waals surface area contributed by atoms with E-state index in [2.05, 4.69) is 30.7 Å². The van der Waals surface area contributed by atoms with Crippen molar-refractivity contribution in [3.8, 4) is 11.4 Å². The maximum absolute atomic E-state index is 12.8. The van der Waals surface area contributed by atoms with Crippen LogP contribution in [0.4, 0.5) is 5.69 Å². The number of rotatable bonds is 2. The first-order chi connectivity index (χ1) is 12.7. The van der Waals surface area contributed by atoms with E-state index in [1.54, 1.807) is 23.5 Å². The van der Waals surface area contributed by atoms with Crippen LogP contribution in [0.25, 0.3) is 21.6 Å². The molecule has 0 radical (unpaired) electrons. The number of aromatic nitrogens is 2. The van der Waals surface area contributed by atoms with Crippen LogP contribution in [0.15, 0.2) is 29.1 Å². The van der Waals surface area contributed by atoms with Crippen LogP contribution in [0, 0.1) is 21.4 Å². The van der Waals surface area contributed by atoms with Crippen LogP contribution in [-0.2, 0) is 12.8 Å². The van der Waals surface area contributed by atoms with Crippen molar-refractivity contribution in [1.29, 1.82) is 0 Å². The van der Waals surface area contributed by atoms with Crippen molar-refractivity contribution in [2.45, 2.75) is 40.0 Å². The molecule has 0 amide bonds. The quantitative estimate of drug-likeness (QED) is 0.513. The van der Waals surface area contributed by atoms with E-state index in [0.29, 0.717) is 22.7 Å². The summed E-state index contributed by atoms with van der Waals surface area (Å²) in [6.07, 6.45) is 3.00. The lowest BCUT2D eigenvalue weighted by Gasteiger charge is -2.33.